The van der Waals surface area contributed by atoms with Crippen LogP contribution in [0.5, 0.6) is 0 Å². The Morgan fingerprint density at radius 3 is 1.23 bits per heavy atom. The zero-order valence-corrected chi connectivity index (χ0v) is 47.8. The SMILES string of the molecule is CCCCCCCCCCCCCCCCCCCCCC/C=C/C(O)C(COC1OC(CO)C(OC2OC(CO)C(O)C(O)C2O)C(O)C1O)NC(=O)CCCCCCCCCCCCCCCCCCCCC. The average molecular weight is 1070 g/mol. The predicted molar refractivity (Wildman–Crippen MR) is 300 cm³/mol. The monoisotopic (exact) mass is 1070 g/mol. The minimum Gasteiger partial charge on any atom is -0.394 e. The lowest BCUT2D eigenvalue weighted by atomic mass is 9.97. The van der Waals surface area contributed by atoms with Crippen LogP contribution < -0.4 is 5.32 Å². The number of unbranched alkanes of at least 4 members (excludes halogenated alkanes) is 38. The third kappa shape index (κ3) is 33.2. The maximum atomic E-state index is 13.3. The molecule has 1 amide bonds. The Bertz CT molecular complexity index is 1310. The van der Waals surface area contributed by atoms with Crippen LogP contribution in [-0.4, -0.2) is 140 Å². The van der Waals surface area contributed by atoms with Crippen molar-refractivity contribution in [2.45, 2.75) is 351 Å². The van der Waals surface area contributed by atoms with Gasteiger partial charge in [0.25, 0.3) is 0 Å². The molecular weight excluding hydrogens is 955 g/mol. The number of hydrogen-bond acceptors (Lipinski definition) is 13. The van der Waals surface area contributed by atoms with Crippen molar-refractivity contribution in [2.24, 2.45) is 0 Å². The Morgan fingerprint density at radius 2 is 0.827 bits per heavy atom. The molecule has 0 aromatic carbocycles. The second kappa shape index (κ2) is 47.5. The normalized spacial score (nSPS) is 25.0. The van der Waals surface area contributed by atoms with E-state index < -0.39 is 86.8 Å². The fourth-order valence-corrected chi connectivity index (χ4v) is 10.6. The summed E-state index contributed by atoms with van der Waals surface area (Å²) in [6.45, 7) is 2.84. The highest BCUT2D eigenvalue weighted by Crippen LogP contribution is 2.30. The van der Waals surface area contributed by atoms with E-state index in [0.717, 1.165) is 38.5 Å². The summed E-state index contributed by atoms with van der Waals surface area (Å²) in [5.41, 5.74) is 0. The highest BCUT2D eigenvalue weighted by molar-refractivity contribution is 5.76. The minimum atomic E-state index is -1.79. The molecule has 0 aromatic heterocycles. The van der Waals surface area contributed by atoms with Gasteiger partial charge in [-0.25, -0.2) is 0 Å². The van der Waals surface area contributed by atoms with Crippen LogP contribution in [0.3, 0.4) is 0 Å². The van der Waals surface area contributed by atoms with Crippen LogP contribution in [0.4, 0.5) is 0 Å². The van der Waals surface area contributed by atoms with E-state index in [0.29, 0.717) is 6.42 Å². The summed E-state index contributed by atoms with van der Waals surface area (Å²) in [7, 11) is 0. The van der Waals surface area contributed by atoms with E-state index in [-0.39, 0.29) is 18.9 Å². The first kappa shape index (κ1) is 69.8. The molecule has 2 heterocycles. The Kier molecular flexibility index (Phi) is 44.3. The number of ether oxygens (including phenoxy) is 4. The molecule has 75 heavy (non-hydrogen) atoms. The number of aliphatic hydroxyl groups is 8. The maximum absolute atomic E-state index is 13.3. The maximum Gasteiger partial charge on any atom is 0.220 e. The van der Waals surface area contributed by atoms with Crippen molar-refractivity contribution in [3.8, 4) is 0 Å². The minimum absolute atomic E-state index is 0.233. The van der Waals surface area contributed by atoms with Crippen molar-refractivity contribution in [2.75, 3.05) is 19.8 Å². The van der Waals surface area contributed by atoms with E-state index in [1.54, 1.807) is 6.08 Å². The number of carbonyl (C=O) groups is 1. The first-order valence-corrected chi connectivity index (χ1v) is 31.4. The predicted octanol–water partition coefficient (Wildman–Crippen LogP) is 11.1. The second-order valence-corrected chi connectivity index (χ2v) is 22.6. The van der Waals surface area contributed by atoms with Crippen LogP contribution in [0.1, 0.15) is 277 Å². The summed E-state index contributed by atoms with van der Waals surface area (Å²) in [6.07, 6.45) is 38.2. The van der Waals surface area contributed by atoms with E-state index in [1.807, 2.05) is 6.08 Å². The summed E-state index contributed by atoms with van der Waals surface area (Å²) < 4.78 is 22.8. The van der Waals surface area contributed by atoms with Gasteiger partial charge in [0, 0.05) is 6.42 Å². The summed E-state index contributed by atoms with van der Waals surface area (Å²) in [6, 6.07) is -0.910. The molecule has 12 atom stereocenters. The van der Waals surface area contributed by atoms with E-state index in [4.69, 9.17) is 18.9 Å². The van der Waals surface area contributed by atoms with Gasteiger partial charge in [0.15, 0.2) is 12.6 Å². The molecule has 0 spiro atoms. The lowest BCUT2D eigenvalue weighted by Crippen LogP contribution is -2.65. The molecule has 2 rings (SSSR count). The Morgan fingerprint density at radius 1 is 0.467 bits per heavy atom. The van der Waals surface area contributed by atoms with Crippen molar-refractivity contribution >= 4 is 5.91 Å². The number of carbonyl (C=O) groups excluding carboxylic acids is 1. The molecule has 12 unspecified atom stereocenters. The summed E-state index contributed by atoms with van der Waals surface area (Å²) >= 11 is 0. The van der Waals surface area contributed by atoms with Crippen LogP contribution in [0.15, 0.2) is 12.2 Å². The number of aliphatic hydroxyl groups excluding tert-OH is 8. The number of rotatable bonds is 51. The van der Waals surface area contributed by atoms with Gasteiger partial charge in [-0.2, -0.15) is 0 Å². The number of nitrogens with one attached hydrogen (secondary N) is 1. The van der Waals surface area contributed by atoms with Crippen molar-refractivity contribution in [3.63, 3.8) is 0 Å². The lowest BCUT2D eigenvalue weighted by molar-refractivity contribution is -0.359. The average Bonchev–Trinajstić information content (AvgIpc) is 3.41. The molecule has 14 nitrogen and oxygen atoms in total. The molecule has 2 fully saturated rings. The zero-order chi connectivity index (χ0) is 54.6. The van der Waals surface area contributed by atoms with E-state index >= 15 is 0 Å². The fourth-order valence-electron chi connectivity index (χ4n) is 10.6. The van der Waals surface area contributed by atoms with Crippen LogP contribution in [-0.2, 0) is 23.7 Å². The summed E-state index contributed by atoms with van der Waals surface area (Å²) in [4.78, 5) is 13.3. The van der Waals surface area contributed by atoms with Gasteiger partial charge in [-0.1, -0.05) is 264 Å². The second-order valence-electron chi connectivity index (χ2n) is 22.6. The molecule has 14 heteroatoms. The number of amides is 1. The molecular formula is C61H117NO13. The van der Waals surface area contributed by atoms with Crippen LogP contribution in [0, 0.1) is 0 Å². The van der Waals surface area contributed by atoms with Gasteiger partial charge in [-0.15, -0.1) is 0 Å². The molecule has 2 saturated heterocycles. The van der Waals surface area contributed by atoms with Gasteiger partial charge < -0.3 is 65.1 Å². The highest BCUT2D eigenvalue weighted by Gasteiger charge is 2.51. The Labute approximate surface area is 456 Å². The molecule has 0 aromatic rings. The molecule has 2 aliphatic rings. The molecule has 0 aliphatic carbocycles. The van der Waals surface area contributed by atoms with Gasteiger partial charge in [0.1, 0.15) is 48.8 Å². The van der Waals surface area contributed by atoms with Crippen molar-refractivity contribution in [1.29, 1.82) is 0 Å². The summed E-state index contributed by atoms with van der Waals surface area (Å²) in [5.74, 6) is -0.233. The first-order chi connectivity index (χ1) is 36.6. The molecule has 2 aliphatic heterocycles. The Balaban J connectivity index is 1.74. The molecule has 0 saturated carbocycles. The van der Waals surface area contributed by atoms with E-state index in [2.05, 4.69) is 19.2 Å². The smallest absolute Gasteiger partial charge is 0.220 e. The third-order valence-electron chi connectivity index (χ3n) is 15.7. The van der Waals surface area contributed by atoms with Crippen LogP contribution in [0.2, 0.25) is 0 Å². The van der Waals surface area contributed by atoms with Crippen LogP contribution in [0.25, 0.3) is 0 Å². The molecule has 0 bridgehead atoms. The van der Waals surface area contributed by atoms with Gasteiger partial charge in [-0.05, 0) is 19.3 Å². The zero-order valence-electron chi connectivity index (χ0n) is 47.8. The first-order valence-electron chi connectivity index (χ1n) is 31.4. The van der Waals surface area contributed by atoms with Gasteiger partial charge in [0.2, 0.25) is 5.91 Å². The topological polar surface area (TPSA) is 228 Å². The van der Waals surface area contributed by atoms with Gasteiger partial charge in [0.05, 0.1) is 32.0 Å². The number of hydrogen-bond donors (Lipinski definition) is 9. The van der Waals surface area contributed by atoms with Gasteiger partial charge >= 0.3 is 0 Å². The van der Waals surface area contributed by atoms with Crippen molar-refractivity contribution in [3.05, 3.63) is 12.2 Å². The third-order valence-corrected chi connectivity index (χ3v) is 15.7. The van der Waals surface area contributed by atoms with Crippen molar-refractivity contribution in [1.82, 2.24) is 5.32 Å². The highest BCUT2D eigenvalue weighted by atomic mass is 16.7. The van der Waals surface area contributed by atoms with Crippen LogP contribution >= 0.6 is 0 Å². The van der Waals surface area contributed by atoms with E-state index in [9.17, 15) is 45.6 Å². The number of allylic oxidation sites excluding steroid dienone is 1. The quantitative estimate of drug-likeness (QED) is 0.0204. The van der Waals surface area contributed by atoms with Gasteiger partial charge in [-0.3, -0.25) is 4.79 Å². The fraction of sp³-hybridized carbons (Fsp3) is 0.951. The molecule has 0 radical (unpaired) electrons. The molecule has 444 valence electrons. The van der Waals surface area contributed by atoms with Crippen molar-refractivity contribution < 1.29 is 64.6 Å². The summed E-state index contributed by atoms with van der Waals surface area (Å²) in [5, 5.41) is 87.2. The molecule has 9 N–H and O–H groups in total. The lowest BCUT2D eigenvalue weighted by Gasteiger charge is -2.46. The Hall–Kier alpha value is -1.27. The largest absolute Gasteiger partial charge is 0.394 e. The standard InChI is InChI=1S/C61H117NO13/c1-3-5-7-9-11-13-15-17-19-21-23-24-25-27-28-30-32-34-36-38-40-42-44-50(65)49(62-53(66)45-43-41-39-37-35-33-31-29-26-22-20-18-16-14-12-10-8-6-4-2)48-72-60-58(71)56(69)59(52(47-64)74-60)75-61-57(70)55(68)54(67)51(46-63)73-61/h42,44,49-52,54-61,63-65,67-71H,3-41,43,45-48H2,1-2H3,(H,62,66)/b44-42+. The van der Waals surface area contributed by atoms with E-state index in [1.165, 1.54) is 212 Å².